The van der Waals surface area contributed by atoms with Crippen molar-refractivity contribution in [3.8, 4) is 11.5 Å². The first-order chi connectivity index (χ1) is 10.9. The van der Waals surface area contributed by atoms with Crippen molar-refractivity contribution in [1.29, 1.82) is 0 Å². The fourth-order valence-electron chi connectivity index (χ4n) is 2.19. The van der Waals surface area contributed by atoms with Gasteiger partial charge in [-0.15, -0.1) is 0 Å². The molecule has 7 N–H and O–H groups in total. The first-order valence-corrected chi connectivity index (χ1v) is 7.70. The van der Waals surface area contributed by atoms with Crippen LogP contribution in [0, 0.1) is 0 Å². The summed E-state index contributed by atoms with van der Waals surface area (Å²) in [6, 6.07) is 4.01. The van der Waals surface area contributed by atoms with Crippen LogP contribution in [0.25, 0.3) is 0 Å². The maximum absolute atomic E-state index is 11.9. The molecule has 128 valence electrons. The van der Waals surface area contributed by atoms with Crippen LogP contribution in [0.15, 0.2) is 18.2 Å². The van der Waals surface area contributed by atoms with E-state index in [-0.39, 0.29) is 29.6 Å². The number of carbonyl (C=O) groups is 2. The molecule has 1 unspecified atom stereocenters. The van der Waals surface area contributed by atoms with Gasteiger partial charge in [-0.2, -0.15) is 0 Å². The van der Waals surface area contributed by atoms with Crippen molar-refractivity contribution in [1.82, 2.24) is 5.32 Å². The van der Waals surface area contributed by atoms with Crippen molar-refractivity contribution in [3.05, 3.63) is 23.8 Å². The largest absolute Gasteiger partial charge is 0.508 e. The zero-order valence-electron chi connectivity index (χ0n) is 13.1. The van der Waals surface area contributed by atoms with E-state index in [9.17, 15) is 19.8 Å². The van der Waals surface area contributed by atoms with Gasteiger partial charge in [0.2, 0.25) is 5.91 Å². The van der Waals surface area contributed by atoms with E-state index >= 15 is 0 Å². The van der Waals surface area contributed by atoms with Crippen molar-refractivity contribution in [2.45, 2.75) is 44.7 Å². The number of benzene rings is 1. The summed E-state index contributed by atoms with van der Waals surface area (Å²) in [4.78, 5) is 23.2. The van der Waals surface area contributed by atoms with Gasteiger partial charge in [-0.25, -0.2) is 0 Å². The van der Waals surface area contributed by atoms with Crippen molar-refractivity contribution in [2.75, 3.05) is 6.54 Å². The van der Waals surface area contributed by atoms with Gasteiger partial charge in [0, 0.05) is 18.4 Å². The highest BCUT2D eigenvalue weighted by molar-refractivity contribution is 5.79. The number of aromatic hydroxyl groups is 2. The summed E-state index contributed by atoms with van der Waals surface area (Å²) in [5.41, 5.74) is 11.5. The minimum atomic E-state index is -0.508. The average molecular weight is 323 g/mol. The van der Waals surface area contributed by atoms with Crippen molar-refractivity contribution in [2.24, 2.45) is 11.5 Å². The normalized spacial score (nSPS) is 11.9. The van der Waals surface area contributed by atoms with Gasteiger partial charge in [-0.05, 0) is 44.0 Å². The number of ketones is 1. The van der Waals surface area contributed by atoms with Gasteiger partial charge in [0.05, 0.1) is 12.6 Å². The Labute approximate surface area is 135 Å². The zero-order chi connectivity index (χ0) is 17.2. The van der Waals surface area contributed by atoms with Crippen molar-refractivity contribution in [3.63, 3.8) is 0 Å². The summed E-state index contributed by atoms with van der Waals surface area (Å²) in [7, 11) is 0. The third kappa shape index (κ3) is 7.62. The molecule has 1 aromatic rings. The van der Waals surface area contributed by atoms with Gasteiger partial charge in [0.1, 0.15) is 17.3 Å². The molecule has 0 aliphatic carbocycles. The summed E-state index contributed by atoms with van der Waals surface area (Å²) in [6.07, 6.45) is 2.32. The first kappa shape index (κ1) is 18.9. The van der Waals surface area contributed by atoms with Gasteiger partial charge in [0.15, 0.2) is 0 Å². The van der Waals surface area contributed by atoms with E-state index < -0.39 is 6.17 Å². The molecule has 0 fully saturated rings. The van der Waals surface area contributed by atoms with E-state index in [2.05, 4.69) is 5.32 Å². The highest BCUT2D eigenvalue weighted by Crippen LogP contribution is 2.22. The minimum Gasteiger partial charge on any atom is -0.508 e. The lowest BCUT2D eigenvalue weighted by molar-refractivity contribution is -0.121. The Balaban J connectivity index is 2.28. The monoisotopic (exact) mass is 323 g/mol. The second-order valence-corrected chi connectivity index (χ2v) is 5.49. The molecule has 0 aliphatic heterocycles. The summed E-state index contributed by atoms with van der Waals surface area (Å²) < 4.78 is 0. The van der Waals surface area contributed by atoms with Crippen LogP contribution in [-0.2, 0) is 16.0 Å². The van der Waals surface area contributed by atoms with E-state index in [1.807, 2.05) is 0 Å². The average Bonchev–Trinajstić information content (AvgIpc) is 2.47. The molecule has 0 aromatic heterocycles. The number of nitrogens with one attached hydrogen (secondary N) is 1. The second-order valence-electron chi connectivity index (χ2n) is 5.49. The van der Waals surface area contributed by atoms with E-state index in [0.717, 1.165) is 12.8 Å². The summed E-state index contributed by atoms with van der Waals surface area (Å²) in [5.74, 6) is -0.260. The van der Waals surface area contributed by atoms with Crippen molar-refractivity contribution < 1.29 is 19.8 Å². The Kier molecular flexibility index (Phi) is 8.07. The number of nitrogens with two attached hydrogens (primary N) is 2. The summed E-state index contributed by atoms with van der Waals surface area (Å²) in [6.45, 7) is 0.371. The topological polar surface area (TPSA) is 139 Å². The molecule has 7 heteroatoms. The molecular weight excluding hydrogens is 298 g/mol. The van der Waals surface area contributed by atoms with E-state index in [1.165, 1.54) is 18.2 Å². The molecule has 0 saturated heterocycles. The molecule has 1 atom stereocenters. The van der Waals surface area contributed by atoms with Crippen LogP contribution in [0.2, 0.25) is 0 Å². The maximum Gasteiger partial charge on any atom is 0.225 e. The number of phenols is 2. The number of rotatable bonds is 10. The SMILES string of the molecule is NCCC(=O)CCCCC(N)NC(=O)Cc1cc(O)ccc1O. The maximum atomic E-state index is 11.9. The molecule has 1 amide bonds. The van der Waals surface area contributed by atoms with Crippen LogP contribution >= 0.6 is 0 Å². The Morgan fingerprint density at radius 2 is 1.91 bits per heavy atom. The number of Topliss-reactive ketones (excluding diaryl/α,β-unsaturated/α-hetero) is 1. The Morgan fingerprint density at radius 3 is 2.61 bits per heavy atom. The molecule has 0 heterocycles. The third-order valence-corrected chi connectivity index (χ3v) is 3.40. The Morgan fingerprint density at radius 1 is 1.17 bits per heavy atom. The molecular formula is C16H25N3O4. The van der Waals surface area contributed by atoms with E-state index in [0.29, 0.717) is 31.4 Å². The second kappa shape index (κ2) is 9.81. The van der Waals surface area contributed by atoms with Crippen LogP contribution < -0.4 is 16.8 Å². The number of amides is 1. The zero-order valence-corrected chi connectivity index (χ0v) is 13.1. The van der Waals surface area contributed by atoms with Crippen LogP contribution in [0.3, 0.4) is 0 Å². The van der Waals surface area contributed by atoms with Crippen LogP contribution in [0.4, 0.5) is 0 Å². The molecule has 1 rings (SSSR count). The molecule has 0 aliphatic rings. The third-order valence-electron chi connectivity index (χ3n) is 3.40. The smallest absolute Gasteiger partial charge is 0.225 e. The summed E-state index contributed by atoms with van der Waals surface area (Å²) >= 11 is 0. The summed E-state index contributed by atoms with van der Waals surface area (Å²) in [5, 5.41) is 21.6. The molecule has 0 saturated carbocycles. The standard InChI is InChI=1S/C16H25N3O4/c17-8-7-12(20)3-1-2-4-15(18)19-16(23)10-11-9-13(21)5-6-14(11)22/h5-6,9,15,21-22H,1-4,7-8,10,17-18H2,(H,19,23). The first-order valence-electron chi connectivity index (χ1n) is 7.70. The van der Waals surface area contributed by atoms with Crippen molar-refractivity contribution >= 4 is 11.7 Å². The van der Waals surface area contributed by atoms with Crippen LogP contribution in [0.5, 0.6) is 11.5 Å². The van der Waals surface area contributed by atoms with Gasteiger partial charge < -0.3 is 27.0 Å². The molecule has 0 radical (unpaired) electrons. The molecule has 1 aromatic carbocycles. The Hall–Kier alpha value is -2.12. The number of hydrogen-bond donors (Lipinski definition) is 5. The predicted octanol–water partition coefficient (Wildman–Crippen LogP) is 0.520. The van der Waals surface area contributed by atoms with Gasteiger partial charge in [-0.3, -0.25) is 9.59 Å². The predicted molar refractivity (Wildman–Crippen MR) is 86.7 cm³/mol. The number of phenolic OH excluding ortho intramolecular Hbond substituents is 2. The minimum absolute atomic E-state index is 0.0166. The van der Waals surface area contributed by atoms with Gasteiger partial charge >= 0.3 is 0 Å². The highest BCUT2D eigenvalue weighted by atomic mass is 16.3. The fourth-order valence-corrected chi connectivity index (χ4v) is 2.19. The van der Waals surface area contributed by atoms with Crippen LogP contribution in [0.1, 0.15) is 37.7 Å². The molecule has 0 bridgehead atoms. The fraction of sp³-hybridized carbons (Fsp3) is 0.500. The van der Waals surface area contributed by atoms with Gasteiger partial charge in [0.25, 0.3) is 0 Å². The molecule has 0 spiro atoms. The lowest BCUT2D eigenvalue weighted by atomic mass is 10.1. The van der Waals surface area contributed by atoms with E-state index in [4.69, 9.17) is 11.5 Å². The van der Waals surface area contributed by atoms with E-state index in [1.54, 1.807) is 0 Å². The highest BCUT2D eigenvalue weighted by Gasteiger charge is 2.12. The number of unbranched alkanes of at least 4 members (excludes halogenated alkanes) is 1. The van der Waals surface area contributed by atoms with Crippen LogP contribution in [-0.4, -0.2) is 34.6 Å². The van der Waals surface area contributed by atoms with Gasteiger partial charge in [-0.1, -0.05) is 0 Å². The molecule has 23 heavy (non-hydrogen) atoms. The number of hydrogen-bond acceptors (Lipinski definition) is 6. The number of carbonyl (C=O) groups excluding carboxylic acids is 2. The lowest BCUT2D eigenvalue weighted by Gasteiger charge is -2.14. The lowest BCUT2D eigenvalue weighted by Crippen LogP contribution is -2.42. The quantitative estimate of drug-likeness (QED) is 0.242. The molecule has 7 nitrogen and oxygen atoms in total. The Bertz CT molecular complexity index is 534.